The van der Waals surface area contributed by atoms with Gasteiger partial charge in [-0.1, -0.05) is 12.8 Å². The van der Waals surface area contributed by atoms with Crippen molar-refractivity contribution in [2.24, 2.45) is 7.05 Å². The van der Waals surface area contributed by atoms with Crippen molar-refractivity contribution >= 4 is 0 Å². The first kappa shape index (κ1) is 14.2. The Hall–Kier alpha value is -0.870. The molecule has 0 aromatic carbocycles. The Bertz CT molecular complexity index is 295. The van der Waals surface area contributed by atoms with Crippen molar-refractivity contribution in [1.82, 2.24) is 19.8 Å². The molecule has 1 aromatic heterocycles. The predicted molar refractivity (Wildman–Crippen MR) is 71.9 cm³/mol. The first-order chi connectivity index (χ1) is 8.24. The molecule has 0 radical (unpaired) electrons. The molecule has 0 fully saturated rings. The Morgan fingerprint density at radius 1 is 1.29 bits per heavy atom. The van der Waals surface area contributed by atoms with Crippen LogP contribution in [0.25, 0.3) is 0 Å². The van der Waals surface area contributed by atoms with E-state index in [-0.39, 0.29) is 0 Å². The average Bonchev–Trinajstić information content (AvgIpc) is 2.69. The number of imidazole rings is 1. The van der Waals surface area contributed by atoms with Gasteiger partial charge in [0.25, 0.3) is 0 Å². The fourth-order valence-corrected chi connectivity index (χ4v) is 1.91. The van der Waals surface area contributed by atoms with E-state index in [2.05, 4.69) is 26.8 Å². The number of nitrogens with zero attached hydrogens (tertiary/aromatic N) is 3. The van der Waals surface area contributed by atoms with Crippen molar-refractivity contribution in [3.05, 3.63) is 18.2 Å². The van der Waals surface area contributed by atoms with Crippen molar-refractivity contribution < 1.29 is 0 Å². The zero-order valence-electron chi connectivity index (χ0n) is 11.4. The summed E-state index contributed by atoms with van der Waals surface area (Å²) in [5.41, 5.74) is 0. The zero-order chi connectivity index (χ0) is 12.5. The molecule has 1 rings (SSSR count). The van der Waals surface area contributed by atoms with Crippen LogP contribution in [0.3, 0.4) is 0 Å². The third-order valence-corrected chi connectivity index (χ3v) is 3.05. The number of aryl methyl sites for hydroxylation is 1. The van der Waals surface area contributed by atoms with Crippen LogP contribution >= 0.6 is 0 Å². The summed E-state index contributed by atoms with van der Waals surface area (Å²) in [5.74, 6) is 1.14. The van der Waals surface area contributed by atoms with Gasteiger partial charge >= 0.3 is 0 Å². The number of hydrogen-bond acceptors (Lipinski definition) is 3. The summed E-state index contributed by atoms with van der Waals surface area (Å²) in [6, 6.07) is 0. The molecule has 4 nitrogen and oxygen atoms in total. The van der Waals surface area contributed by atoms with Gasteiger partial charge in [-0.3, -0.25) is 4.90 Å². The highest BCUT2D eigenvalue weighted by Crippen LogP contribution is 2.03. The molecule has 0 aliphatic heterocycles. The van der Waals surface area contributed by atoms with E-state index in [9.17, 15) is 0 Å². The monoisotopic (exact) mass is 238 g/mol. The Kier molecular flexibility index (Phi) is 6.89. The Morgan fingerprint density at radius 3 is 2.71 bits per heavy atom. The lowest BCUT2D eigenvalue weighted by Crippen LogP contribution is -2.21. The van der Waals surface area contributed by atoms with Gasteiger partial charge in [-0.15, -0.1) is 0 Å². The van der Waals surface area contributed by atoms with Gasteiger partial charge < -0.3 is 9.88 Å². The smallest absolute Gasteiger partial charge is 0.122 e. The SMILES string of the molecule is CNCCCCCCN(C)Cc1nccn1C. The van der Waals surface area contributed by atoms with E-state index in [1.807, 2.05) is 26.5 Å². The maximum absolute atomic E-state index is 4.34. The molecule has 0 bridgehead atoms. The van der Waals surface area contributed by atoms with Gasteiger partial charge in [-0.2, -0.15) is 0 Å². The average molecular weight is 238 g/mol. The first-order valence-corrected chi connectivity index (χ1v) is 6.53. The minimum atomic E-state index is 0.944. The second-order valence-electron chi connectivity index (χ2n) is 4.71. The van der Waals surface area contributed by atoms with Crippen molar-refractivity contribution in [3.63, 3.8) is 0 Å². The molecule has 1 heterocycles. The van der Waals surface area contributed by atoms with Crippen LogP contribution in [0.4, 0.5) is 0 Å². The maximum atomic E-state index is 4.34. The van der Waals surface area contributed by atoms with Crippen LogP contribution < -0.4 is 5.32 Å². The minimum Gasteiger partial charge on any atom is -0.337 e. The Balaban J connectivity index is 2.05. The Labute approximate surface area is 105 Å². The number of hydrogen-bond donors (Lipinski definition) is 1. The van der Waals surface area contributed by atoms with E-state index < -0.39 is 0 Å². The number of aromatic nitrogens is 2. The zero-order valence-corrected chi connectivity index (χ0v) is 11.4. The van der Waals surface area contributed by atoms with E-state index >= 15 is 0 Å². The highest BCUT2D eigenvalue weighted by molar-refractivity contribution is 4.90. The quantitative estimate of drug-likeness (QED) is 0.664. The third kappa shape index (κ3) is 5.84. The summed E-state index contributed by atoms with van der Waals surface area (Å²) >= 11 is 0. The molecule has 0 saturated carbocycles. The molecular formula is C13H26N4. The molecule has 98 valence electrons. The van der Waals surface area contributed by atoms with Gasteiger partial charge in [-0.25, -0.2) is 4.98 Å². The largest absolute Gasteiger partial charge is 0.337 e. The molecule has 17 heavy (non-hydrogen) atoms. The molecule has 0 aliphatic carbocycles. The second-order valence-corrected chi connectivity index (χ2v) is 4.71. The van der Waals surface area contributed by atoms with E-state index in [0.29, 0.717) is 0 Å². The lowest BCUT2D eigenvalue weighted by atomic mass is 10.2. The third-order valence-electron chi connectivity index (χ3n) is 3.05. The Morgan fingerprint density at radius 2 is 2.06 bits per heavy atom. The van der Waals surface area contributed by atoms with Crippen LogP contribution in [0.1, 0.15) is 31.5 Å². The molecule has 1 aromatic rings. The lowest BCUT2D eigenvalue weighted by Gasteiger charge is -2.16. The summed E-state index contributed by atoms with van der Waals surface area (Å²) < 4.78 is 2.09. The van der Waals surface area contributed by atoms with E-state index in [4.69, 9.17) is 0 Å². The number of unbranched alkanes of at least 4 members (excludes halogenated alkanes) is 3. The van der Waals surface area contributed by atoms with Gasteiger partial charge in [0.15, 0.2) is 0 Å². The standard InChI is InChI=1S/C13H26N4/c1-14-8-6-4-5-7-10-16(2)12-13-15-9-11-17(13)3/h9,11,14H,4-8,10,12H2,1-3H3. The van der Waals surface area contributed by atoms with Gasteiger partial charge in [-0.05, 0) is 40.0 Å². The minimum absolute atomic E-state index is 0.944. The molecule has 0 atom stereocenters. The van der Waals surface area contributed by atoms with Crippen molar-refractivity contribution in [1.29, 1.82) is 0 Å². The molecule has 0 unspecified atom stereocenters. The molecule has 0 spiro atoms. The fourth-order valence-electron chi connectivity index (χ4n) is 1.91. The number of rotatable bonds is 9. The van der Waals surface area contributed by atoms with Crippen LogP contribution in [0.15, 0.2) is 12.4 Å². The molecule has 1 N–H and O–H groups in total. The normalized spacial score (nSPS) is 11.3. The van der Waals surface area contributed by atoms with Crippen LogP contribution in [0.5, 0.6) is 0 Å². The topological polar surface area (TPSA) is 33.1 Å². The van der Waals surface area contributed by atoms with Crippen LogP contribution in [0.2, 0.25) is 0 Å². The van der Waals surface area contributed by atoms with Gasteiger partial charge in [0.2, 0.25) is 0 Å². The van der Waals surface area contributed by atoms with E-state index in [1.165, 1.54) is 25.7 Å². The van der Waals surface area contributed by atoms with Crippen LogP contribution in [0, 0.1) is 0 Å². The fraction of sp³-hybridized carbons (Fsp3) is 0.769. The summed E-state index contributed by atoms with van der Waals surface area (Å²) in [5, 5.41) is 3.18. The summed E-state index contributed by atoms with van der Waals surface area (Å²) in [6.07, 6.45) is 9.09. The molecule has 0 aliphatic rings. The summed E-state index contributed by atoms with van der Waals surface area (Å²) in [6.45, 7) is 3.25. The molecular weight excluding hydrogens is 212 g/mol. The first-order valence-electron chi connectivity index (χ1n) is 6.53. The van der Waals surface area contributed by atoms with Crippen LogP contribution in [-0.4, -0.2) is 41.6 Å². The molecule has 0 saturated heterocycles. The summed E-state index contributed by atoms with van der Waals surface area (Å²) in [7, 11) is 6.23. The van der Waals surface area contributed by atoms with Gasteiger partial charge in [0, 0.05) is 19.4 Å². The summed E-state index contributed by atoms with van der Waals surface area (Å²) in [4.78, 5) is 6.69. The second kappa shape index (κ2) is 8.25. The van der Waals surface area contributed by atoms with Gasteiger partial charge in [0.05, 0.1) is 6.54 Å². The predicted octanol–water partition coefficient (Wildman–Crippen LogP) is 1.63. The highest BCUT2D eigenvalue weighted by atomic mass is 15.1. The van der Waals surface area contributed by atoms with Crippen molar-refractivity contribution in [2.75, 3.05) is 27.2 Å². The van der Waals surface area contributed by atoms with Crippen molar-refractivity contribution in [3.8, 4) is 0 Å². The highest BCUT2D eigenvalue weighted by Gasteiger charge is 2.03. The van der Waals surface area contributed by atoms with Crippen LogP contribution in [-0.2, 0) is 13.6 Å². The molecule has 4 heteroatoms. The van der Waals surface area contributed by atoms with E-state index in [0.717, 1.165) is 25.5 Å². The number of nitrogens with one attached hydrogen (secondary N) is 1. The maximum Gasteiger partial charge on any atom is 0.122 e. The van der Waals surface area contributed by atoms with Crippen molar-refractivity contribution in [2.45, 2.75) is 32.2 Å². The van der Waals surface area contributed by atoms with Gasteiger partial charge in [0.1, 0.15) is 5.82 Å². The van der Waals surface area contributed by atoms with E-state index in [1.54, 1.807) is 0 Å². The lowest BCUT2D eigenvalue weighted by molar-refractivity contribution is 0.305. The molecule has 0 amide bonds.